The lowest BCUT2D eigenvalue weighted by atomic mass is 10.0. The summed E-state index contributed by atoms with van der Waals surface area (Å²) < 4.78 is 5.22. The number of carbonyl (C=O) groups excluding carboxylic acids is 2. The molecule has 1 saturated heterocycles. The van der Waals surface area contributed by atoms with Crippen LogP contribution in [-0.4, -0.2) is 49.6 Å². The van der Waals surface area contributed by atoms with Crippen molar-refractivity contribution in [2.45, 2.75) is 0 Å². The lowest BCUT2D eigenvalue weighted by Crippen LogP contribution is -2.45. The molecule has 2 aromatic carbocycles. The molecule has 2 aromatic rings. The molecule has 0 bridgehead atoms. The van der Waals surface area contributed by atoms with Crippen molar-refractivity contribution in [2.75, 3.05) is 32.8 Å². The number of ether oxygens (including phenoxy) is 1. The highest BCUT2D eigenvalue weighted by atomic mass is 16.5. The molecule has 0 aliphatic carbocycles. The summed E-state index contributed by atoms with van der Waals surface area (Å²) in [5, 5.41) is 2.70. The van der Waals surface area contributed by atoms with E-state index in [4.69, 9.17) is 4.74 Å². The van der Waals surface area contributed by atoms with Crippen molar-refractivity contribution in [1.82, 2.24) is 10.2 Å². The van der Waals surface area contributed by atoms with Crippen molar-refractivity contribution in [1.29, 1.82) is 0 Å². The molecule has 124 valence electrons. The molecular formula is C19H20N2O3. The van der Waals surface area contributed by atoms with Crippen molar-refractivity contribution in [3.63, 3.8) is 0 Å². The molecule has 5 heteroatoms. The van der Waals surface area contributed by atoms with E-state index >= 15 is 0 Å². The minimum absolute atomic E-state index is 0.00833. The molecule has 2 amide bonds. The van der Waals surface area contributed by atoms with Crippen LogP contribution >= 0.6 is 0 Å². The molecule has 1 N–H and O–H groups in total. The summed E-state index contributed by atoms with van der Waals surface area (Å²) in [7, 11) is 0. The Kier molecular flexibility index (Phi) is 5.23. The van der Waals surface area contributed by atoms with Gasteiger partial charge >= 0.3 is 0 Å². The van der Waals surface area contributed by atoms with Crippen LogP contribution in [0.3, 0.4) is 0 Å². The number of hydrogen-bond donors (Lipinski definition) is 1. The Morgan fingerprint density at radius 2 is 1.67 bits per heavy atom. The lowest BCUT2D eigenvalue weighted by molar-refractivity contribution is -0.134. The fraction of sp³-hybridized carbons (Fsp3) is 0.263. The second-order valence-corrected chi connectivity index (χ2v) is 5.62. The number of amides is 2. The third-order valence-corrected chi connectivity index (χ3v) is 4.00. The third-order valence-electron chi connectivity index (χ3n) is 4.00. The van der Waals surface area contributed by atoms with Crippen LogP contribution in [-0.2, 0) is 9.53 Å². The van der Waals surface area contributed by atoms with Gasteiger partial charge in [-0.25, -0.2) is 0 Å². The first kappa shape index (κ1) is 16.2. The van der Waals surface area contributed by atoms with Gasteiger partial charge in [0.05, 0.1) is 19.8 Å². The van der Waals surface area contributed by atoms with E-state index in [9.17, 15) is 9.59 Å². The van der Waals surface area contributed by atoms with Gasteiger partial charge < -0.3 is 15.0 Å². The SMILES string of the molecule is O=C(NCC(=O)N1CCOCC1)c1cccc(-c2ccccc2)c1. The Morgan fingerprint density at radius 1 is 0.958 bits per heavy atom. The quantitative estimate of drug-likeness (QED) is 0.935. The van der Waals surface area contributed by atoms with Crippen molar-refractivity contribution < 1.29 is 14.3 Å². The average Bonchev–Trinajstić information content (AvgIpc) is 2.67. The van der Waals surface area contributed by atoms with Crippen LogP contribution in [0.25, 0.3) is 11.1 Å². The van der Waals surface area contributed by atoms with Gasteiger partial charge in [0.2, 0.25) is 5.91 Å². The Hall–Kier alpha value is -2.66. The van der Waals surface area contributed by atoms with Gasteiger partial charge in [0.15, 0.2) is 0 Å². The highest BCUT2D eigenvalue weighted by molar-refractivity contribution is 5.97. The Labute approximate surface area is 141 Å². The van der Waals surface area contributed by atoms with Gasteiger partial charge in [-0.2, -0.15) is 0 Å². The van der Waals surface area contributed by atoms with E-state index in [1.807, 2.05) is 48.5 Å². The van der Waals surface area contributed by atoms with Gasteiger partial charge in [-0.1, -0.05) is 42.5 Å². The first-order chi connectivity index (χ1) is 11.7. The van der Waals surface area contributed by atoms with Gasteiger partial charge in [0.25, 0.3) is 5.91 Å². The van der Waals surface area contributed by atoms with Crippen molar-refractivity contribution in [2.24, 2.45) is 0 Å². The van der Waals surface area contributed by atoms with Gasteiger partial charge in [0, 0.05) is 18.7 Å². The third kappa shape index (κ3) is 4.00. The first-order valence-electron chi connectivity index (χ1n) is 8.03. The van der Waals surface area contributed by atoms with E-state index in [1.165, 1.54) is 0 Å². The maximum atomic E-state index is 12.3. The molecule has 1 aliphatic heterocycles. The molecule has 1 fully saturated rings. The number of benzene rings is 2. The zero-order valence-corrected chi connectivity index (χ0v) is 13.4. The smallest absolute Gasteiger partial charge is 0.251 e. The van der Waals surface area contributed by atoms with E-state index in [0.717, 1.165) is 11.1 Å². The van der Waals surface area contributed by atoms with Gasteiger partial charge in [-0.05, 0) is 23.3 Å². The van der Waals surface area contributed by atoms with Crippen LogP contribution in [0.15, 0.2) is 54.6 Å². The van der Waals surface area contributed by atoms with Crippen LogP contribution in [0, 0.1) is 0 Å². The number of hydrogen-bond acceptors (Lipinski definition) is 3. The van der Waals surface area contributed by atoms with Gasteiger partial charge in [0.1, 0.15) is 0 Å². The van der Waals surface area contributed by atoms with Crippen molar-refractivity contribution in [3.05, 3.63) is 60.2 Å². The number of rotatable bonds is 4. The fourth-order valence-electron chi connectivity index (χ4n) is 2.65. The molecule has 5 nitrogen and oxygen atoms in total. The van der Waals surface area contributed by atoms with Gasteiger partial charge in [-0.3, -0.25) is 9.59 Å². The standard InChI is InChI=1S/C19H20N2O3/c22-18(21-9-11-24-12-10-21)14-20-19(23)17-8-4-7-16(13-17)15-5-2-1-3-6-15/h1-8,13H,9-12,14H2,(H,20,23). The van der Waals surface area contributed by atoms with Crippen molar-refractivity contribution in [3.8, 4) is 11.1 Å². The molecule has 1 heterocycles. The zero-order chi connectivity index (χ0) is 16.8. The molecular weight excluding hydrogens is 304 g/mol. The lowest BCUT2D eigenvalue weighted by Gasteiger charge is -2.26. The maximum absolute atomic E-state index is 12.3. The predicted octanol–water partition coefficient (Wildman–Crippen LogP) is 1.94. The Bertz CT molecular complexity index is 710. The maximum Gasteiger partial charge on any atom is 0.251 e. The summed E-state index contributed by atoms with van der Waals surface area (Å²) in [6.45, 7) is 2.28. The topological polar surface area (TPSA) is 58.6 Å². The molecule has 0 atom stereocenters. The zero-order valence-electron chi connectivity index (χ0n) is 13.4. The van der Waals surface area contributed by atoms with E-state index in [2.05, 4.69) is 5.32 Å². The number of carbonyl (C=O) groups is 2. The summed E-state index contributed by atoms with van der Waals surface area (Å²) >= 11 is 0. The molecule has 0 spiro atoms. The highest BCUT2D eigenvalue weighted by Gasteiger charge is 2.17. The molecule has 0 saturated carbocycles. The van der Waals surface area contributed by atoms with E-state index in [1.54, 1.807) is 11.0 Å². The second kappa shape index (κ2) is 7.75. The summed E-state index contributed by atoms with van der Waals surface area (Å²) in [6.07, 6.45) is 0. The van der Waals surface area contributed by atoms with Crippen LogP contribution < -0.4 is 5.32 Å². The molecule has 3 rings (SSSR count). The van der Waals surface area contributed by atoms with Gasteiger partial charge in [-0.15, -0.1) is 0 Å². The molecule has 0 aromatic heterocycles. The fourth-order valence-corrected chi connectivity index (χ4v) is 2.65. The Morgan fingerprint density at radius 3 is 2.42 bits per heavy atom. The summed E-state index contributed by atoms with van der Waals surface area (Å²) in [4.78, 5) is 26.1. The molecule has 0 radical (unpaired) electrons. The van der Waals surface area contributed by atoms with E-state index in [0.29, 0.717) is 31.9 Å². The van der Waals surface area contributed by atoms with Crippen LogP contribution in [0.4, 0.5) is 0 Å². The minimum Gasteiger partial charge on any atom is -0.378 e. The van der Waals surface area contributed by atoms with Crippen LogP contribution in [0.1, 0.15) is 10.4 Å². The number of nitrogens with zero attached hydrogens (tertiary/aromatic N) is 1. The number of morpholine rings is 1. The largest absolute Gasteiger partial charge is 0.378 e. The van der Waals surface area contributed by atoms with E-state index in [-0.39, 0.29) is 18.4 Å². The molecule has 1 aliphatic rings. The molecule has 0 unspecified atom stereocenters. The first-order valence-corrected chi connectivity index (χ1v) is 8.03. The predicted molar refractivity (Wildman–Crippen MR) is 91.6 cm³/mol. The summed E-state index contributed by atoms with van der Waals surface area (Å²) in [6, 6.07) is 17.3. The molecule has 24 heavy (non-hydrogen) atoms. The summed E-state index contributed by atoms with van der Waals surface area (Å²) in [5.74, 6) is -0.319. The van der Waals surface area contributed by atoms with E-state index < -0.39 is 0 Å². The van der Waals surface area contributed by atoms with Crippen LogP contribution in [0.2, 0.25) is 0 Å². The number of nitrogens with one attached hydrogen (secondary N) is 1. The monoisotopic (exact) mass is 324 g/mol. The summed E-state index contributed by atoms with van der Waals surface area (Å²) in [5.41, 5.74) is 2.57. The normalized spacial score (nSPS) is 14.2. The highest BCUT2D eigenvalue weighted by Crippen LogP contribution is 2.19. The average molecular weight is 324 g/mol. The second-order valence-electron chi connectivity index (χ2n) is 5.62. The minimum atomic E-state index is -0.241. The van der Waals surface area contributed by atoms with Crippen molar-refractivity contribution >= 4 is 11.8 Å². The Balaban J connectivity index is 1.62. The van der Waals surface area contributed by atoms with Crippen LogP contribution in [0.5, 0.6) is 0 Å².